The molecule has 1 N–H and O–H groups in total. The third-order valence-electron chi connectivity index (χ3n) is 4.84. The number of carbonyl (C=O) groups is 1. The standard InChI is InChI=1S/C20H25BrN4O2/c1-4-15-12-18(19(27-3)22-14(15)2)23-20(26)25-10-8-24(9-11-25)17-7-5-6-16(21)13-17/h5-7,12-13H,4,8-11H2,1-3H3,(H,23,26). The summed E-state index contributed by atoms with van der Waals surface area (Å²) in [7, 11) is 1.57. The number of piperazine rings is 1. The highest BCUT2D eigenvalue weighted by molar-refractivity contribution is 9.10. The van der Waals surface area contributed by atoms with Gasteiger partial charge in [0.05, 0.1) is 7.11 Å². The minimum absolute atomic E-state index is 0.116. The lowest BCUT2D eigenvalue weighted by Crippen LogP contribution is -2.50. The number of benzene rings is 1. The van der Waals surface area contributed by atoms with Gasteiger partial charge in [-0.05, 0) is 43.2 Å². The van der Waals surface area contributed by atoms with E-state index in [2.05, 4.69) is 50.2 Å². The van der Waals surface area contributed by atoms with Crippen LogP contribution in [-0.2, 0) is 6.42 Å². The molecule has 1 aliphatic heterocycles. The van der Waals surface area contributed by atoms with Gasteiger partial charge in [-0.1, -0.05) is 28.9 Å². The number of carbonyl (C=O) groups excluding carboxylic acids is 1. The van der Waals surface area contributed by atoms with Gasteiger partial charge in [0.25, 0.3) is 0 Å². The van der Waals surface area contributed by atoms with Crippen molar-refractivity contribution in [2.45, 2.75) is 20.3 Å². The van der Waals surface area contributed by atoms with E-state index in [-0.39, 0.29) is 6.03 Å². The van der Waals surface area contributed by atoms with Crippen LogP contribution in [0, 0.1) is 6.92 Å². The first-order chi connectivity index (χ1) is 13.0. The zero-order valence-corrected chi connectivity index (χ0v) is 17.5. The molecular formula is C20H25BrN4O2. The lowest BCUT2D eigenvalue weighted by molar-refractivity contribution is 0.208. The molecule has 27 heavy (non-hydrogen) atoms. The summed E-state index contributed by atoms with van der Waals surface area (Å²) in [5.74, 6) is 0.450. The van der Waals surface area contributed by atoms with Gasteiger partial charge in [0.1, 0.15) is 5.69 Å². The number of pyridine rings is 1. The molecule has 0 bridgehead atoms. The maximum atomic E-state index is 12.7. The Bertz CT molecular complexity index is 820. The number of hydrogen-bond donors (Lipinski definition) is 1. The fraction of sp³-hybridized carbons (Fsp3) is 0.400. The molecule has 3 rings (SSSR count). The summed E-state index contributed by atoms with van der Waals surface area (Å²) < 4.78 is 6.40. The minimum atomic E-state index is -0.116. The quantitative estimate of drug-likeness (QED) is 0.790. The second kappa shape index (κ2) is 8.61. The predicted octanol–water partition coefficient (Wildman–Crippen LogP) is 4.08. The van der Waals surface area contributed by atoms with Gasteiger partial charge >= 0.3 is 6.03 Å². The van der Waals surface area contributed by atoms with Gasteiger partial charge in [-0.3, -0.25) is 0 Å². The van der Waals surface area contributed by atoms with Crippen LogP contribution in [0.5, 0.6) is 5.88 Å². The first-order valence-electron chi connectivity index (χ1n) is 9.12. The number of methoxy groups -OCH3 is 1. The number of amides is 2. The summed E-state index contributed by atoms with van der Waals surface area (Å²) in [4.78, 5) is 21.3. The molecule has 1 saturated heterocycles. The summed E-state index contributed by atoms with van der Waals surface area (Å²) in [6.07, 6.45) is 0.858. The lowest BCUT2D eigenvalue weighted by Gasteiger charge is -2.36. The number of ether oxygens (including phenoxy) is 1. The zero-order valence-electron chi connectivity index (χ0n) is 16.0. The van der Waals surface area contributed by atoms with Crippen LogP contribution in [0.4, 0.5) is 16.2 Å². The van der Waals surface area contributed by atoms with E-state index < -0.39 is 0 Å². The van der Waals surface area contributed by atoms with Gasteiger partial charge in [0, 0.05) is 42.0 Å². The summed E-state index contributed by atoms with van der Waals surface area (Å²) in [6, 6.07) is 10.1. The van der Waals surface area contributed by atoms with Crippen LogP contribution in [0.15, 0.2) is 34.8 Å². The highest BCUT2D eigenvalue weighted by Crippen LogP contribution is 2.26. The van der Waals surface area contributed by atoms with Crippen molar-refractivity contribution in [3.05, 3.63) is 46.1 Å². The number of aryl methyl sites for hydroxylation is 2. The van der Waals surface area contributed by atoms with Gasteiger partial charge in [-0.2, -0.15) is 0 Å². The van der Waals surface area contributed by atoms with Gasteiger partial charge in [0.2, 0.25) is 5.88 Å². The molecule has 2 aromatic rings. The molecule has 0 atom stereocenters. The largest absolute Gasteiger partial charge is 0.480 e. The van der Waals surface area contributed by atoms with Crippen molar-refractivity contribution in [2.75, 3.05) is 43.5 Å². The predicted molar refractivity (Wildman–Crippen MR) is 112 cm³/mol. The molecule has 6 nitrogen and oxygen atoms in total. The minimum Gasteiger partial charge on any atom is -0.480 e. The third-order valence-corrected chi connectivity index (χ3v) is 5.33. The Morgan fingerprint density at radius 1 is 1.26 bits per heavy atom. The van der Waals surface area contributed by atoms with Gasteiger partial charge in [-0.15, -0.1) is 0 Å². The van der Waals surface area contributed by atoms with Crippen molar-refractivity contribution in [1.82, 2.24) is 9.88 Å². The number of anilines is 2. The van der Waals surface area contributed by atoms with Crippen molar-refractivity contribution < 1.29 is 9.53 Å². The Morgan fingerprint density at radius 3 is 2.63 bits per heavy atom. The fourth-order valence-electron chi connectivity index (χ4n) is 3.26. The van der Waals surface area contributed by atoms with Crippen LogP contribution >= 0.6 is 15.9 Å². The van der Waals surface area contributed by atoms with Crippen LogP contribution < -0.4 is 15.0 Å². The molecule has 0 aliphatic carbocycles. The van der Waals surface area contributed by atoms with Crippen LogP contribution in [0.3, 0.4) is 0 Å². The number of nitrogens with one attached hydrogen (secondary N) is 1. The van der Waals surface area contributed by atoms with E-state index in [1.165, 1.54) is 5.69 Å². The Balaban J connectivity index is 1.65. The molecule has 2 heterocycles. The first-order valence-corrected chi connectivity index (χ1v) is 9.92. The molecule has 1 fully saturated rings. The molecule has 1 aromatic carbocycles. The van der Waals surface area contributed by atoms with Gasteiger partial charge in [0.15, 0.2) is 0 Å². The normalized spacial score (nSPS) is 14.2. The number of nitrogens with zero attached hydrogens (tertiary/aromatic N) is 3. The Kier molecular flexibility index (Phi) is 6.21. The van der Waals surface area contributed by atoms with E-state index >= 15 is 0 Å². The van der Waals surface area contributed by atoms with Crippen LogP contribution in [0.25, 0.3) is 0 Å². The van der Waals surface area contributed by atoms with Crippen LogP contribution in [-0.4, -0.2) is 49.2 Å². The smallest absolute Gasteiger partial charge is 0.322 e. The SMILES string of the molecule is CCc1cc(NC(=O)N2CCN(c3cccc(Br)c3)CC2)c(OC)nc1C. The van der Waals surface area contributed by atoms with Gasteiger partial charge in [-0.25, -0.2) is 9.78 Å². The number of rotatable bonds is 4. The van der Waals surface area contributed by atoms with Crippen molar-refractivity contribution in [3.63, 3.8) is 0 Å². The Labute approximate surface area is 168 Å². The number of halogens is 1. The molecule has 0 spiro atoms. The molecule has 144 valence electrons. The second-order valence-electron chi connectivity index (χ2n) is 6.53. The topological polar surface area (TPSA) is 57.7 Å². The van der Waals surface area contributed by atoms with Crippen molar-refractivity contribution in [1.29, 1.82) is 0 Å². The van der Waals surface area contributed by atoms with E-state index in [4.69, 9.17) is 4.74 Å². The third kappa shape index (κ3) is 4.53. The van der Waals surface area contributed by atoms with E-state index in [0.29, 0.717) is 24.7 Å². The van der Waals surface area contributed by atoms with E-state index in [1.54, 1.807) is 7.11 Å². The lowest BCUT2D eigenvalue weighted by atomic mass is 10.1. The molecule has 2 amide bonds. The number of aromatic nitrogens is 1. The van der Waals surface area contributed by atoms with E-state index in [9.17, 15) is 4.79 Å². The van der Waals surface area contributed by atoms with Crippen molar-refractivity contribution in [2.24, 2.45) is 0 Å². The maximum absolute atomic E-state index is 12.7. The zero-order chi connectivity index (χ0) is 19.4. The first kappa shape index (κ1) is 19.5. The molecule has 0 radical (unpaired) electrons. The molecule has 1 aromatic heterocycles. The molecule has 1 aliphatic rings. The molecule has 0 saturated carbocycles. The van der Waals surface area contributed by atoms with Crippen LogP contribution in [0.2, 0.25) is 0 Å². The Morgan fingerprint density at radius 2 is 2.00 bits per heavy atom. The number of hydrogen-bond acceptors (Lipinski definition) is 4. The van der Waals surface area contributed by atoms with Gasteiger partial charge < -0.3 is 19.9 Å². The summed E-state index contributed by atoms with van der Waals surface area (Å²) >= 11 is 3.51. The average molecular weight is 433 g/mol. The fourth-order valence-corrected chi connectivity index (χ4v) is 3.65. The molecule has 0 unspecified atom stereocenters. The van der Waals surface area contributed by atoms with Crippen molar-refractivity contribution in [3.8, 4) is 5.88 Å². The highest BCUT2D eigenvalue weighted by atomic mass is 79.9. The highest BCUT2D eigenvalue weighted by Gasteiger charge is 2.22. The molecular weight excluding hydrogens is 408 g/mol. The summed E-state index contributed by atoms with van der Waals surface area (Å²) in [6.45, 7) is 6.96. The van der Waals surface area contributed by atoms with Crippen molar-refractivity contribution >= 4 is 33.3 Å². The average Bonchev–Trinajstić information content (AvgIpc) is 2.69. The number of urea groups is 1. The monoisotopic (exact) mass is 432 g/mol. The second-order valence-corrected chi connectivity index (χ2v) is 7.44. The van der Waals surface area contributed by atoms with Crippen LogP contribution in [0.1, 0.15) is 18.2 Å². The Hall–Kier alpha value is -2.28. The van der Waals surface area contributed by atoms with E-state index in [1.807, 2.05) is 30.0 Å². The molecule has 7 heteroatoms. The maximum Gasteiger partial charge on any atom is 0.322 e. The van der Waals surface area contributed by atoms with E-state index in [0.717, 1.165) is 35.2 Å². The summed E-state index contributed by atoms with van der Waals surface area (Å²) in [5, 5.41) is 2.97. The summed E-state index contributed by atoms with van der Waals surface area (Å²) in [5.41, 5.74) is 3.82.